The number of benzene rings is 1. The second kappa shape index (κ2) is 6.71. The van der Waals surface area contributed by atoms with Crippen LogP contribution in [0.5, 0.6) is 0 Å². The predicted molar refractivity (Wildman–Crippen MR) is 87.2 cm³/mol. The van der Waals surface area contributed by atoms with E-state index in [0.717, 1.165) is 18.4 Å². The highest BCUT2D eigenvalue weighted by atomic mass is 32.2. The van der Waals surface area contributed by atoms with Crippen LogP contribution in [0.25, 0.3) is 0 Å². The first-order valence-electron chi connectivity index (χ1n) is 7.85. The summed E-state index contributed by atoms with van der Waals surface area (Å²) in [5.74, 6) is -1.34. The number of hydrogen-bond acceptors (Lipinski definition) is 5. The number of rotatable bonds is 3. The van der Waals surface area contributed by atoms with Gasteiger partial charge in [0.2, 0.25) is 15.0 Å². The summed E-state index contributed by atoms with van der Waals surface area (Å²) in [6.07, 6.45) is -3.59. The molecule has 27 heavy (non-hydrogen) atoms. The van der Waals surface area contributed by atoms with Crippen molar-refractivity contribution in [1.29, 1.82) is 0 Å². The zero-order chi connectivity index (χ0) is 20.0. The molecule has 1 aromatic carbocycles. The van der Waals surface area contributed by atoms with Crippen LogP contribution in [0.4, 0.5) is 17.6 Å². The van der Waals surface area contributed by atoms with Crippen LogP contribution in [0, 0.1) is 5.82 Å². The number of halogens is 4. The fraction of sp³-hybridized carbons (Fsp3) is 0.375. The molecule has 2 aromatic rings. The van der Waals surface area contributed by atoms with Crippen molar-refractivity contribution >= 4 is 9.84 Å². The number of aromatic nitrogens is 2. The molecule has 3 rings (SSSR count). The average molecular weight is 405 g/mol. The largest absolute Gasteiger partial charge is 0.419 e. The minimum atomic E-state index is -4.79. The van der Waals surface area contributed by atoms with Crippen molar-refractivity contribution in [3.05, 3.63) is 56.8 Å². The molecular weight excluding hydrogens is 390 g/mol. The summed E-state index contributed by atoms with van der Waals surface area (Å²) >= 11 is 0. The zero-order valence-electron chi connectivity index (χ0n) is 14.1. The standard InChI is InChI=1S/C16H15F4N3O3S/c1-27(25,26)15-21-13-4-5-23(8-10(13)14(24)22-15)7-9-2-3-12(17)11(6-9)16(18,19)20/h2-3,6H,4-5,7-8H2,1H3,(H,21,22,24). The van der Waals surface area contributed by atoms with Crippen molar-refractivity contribution in [2.24, 2.45) is 0 Å². The van der Waals surface area contributed by atoms with Gasteiger partial charge in [0.05, 0.1) is 16.8 Å². The first kappa shape index (κ1) is 19.5. The van der Waals surface area contributed by atoms with E-state index < -0.39 is 38.1 Å². The van der Waals surface area contributed by atoms with Gasteiger partial charge in [-0.15, -0.1) is 0 Å². The SMILES string of the molecule is CS(=O)(=O)c1nc2c(c(=O)[nH]1)CN(Cc1ccc(F)c(C(F)(F)F)c1)CC2. The van der Waals surface area contributed by atoms with Crippen LogP contribution in [0.3, 0.4) is 0 Å². The fourth-order valence-corrected chi connectivity index (χ4v) is 3.47. The number of alkyl halides is 3. The molecule has 1 aromatic heterocycles. The second-order valence-corrected chi connectivity index (χ2v) is 8.27. The first-order valence-corrected chi connectivity index (χ1v) is 9.74. The molecule has 6 nitrogen and oxygen atoms in total. The Bertz CT molecular complexity index is 1050. The molecule has 2 heterocycles. The Kier molecular flexibility index (Phi) is 4.85. The van der Waals surface area contributed by atoms with Crippen molar-refractivity contribution in [2.75, 3.05) is 12.8 Å². The number of nitrogens with one attached hydrogen (secondary N) is 1. The lowest BCUT2D eigenvalue weighted by Crippen LogP contribution is -2.36. The number of aromatic amines is 1. The van der Waals surface area contributed by atoms with Gasteiger partial charge in [-0.05, 0) is 17.7 Å². The topological polar surface area (TPSA) is 83.1 Å². The van der Waals surface area contributed by atoms with E-state index >= 15 is 0 Å². The summed E-state index contributed by atoms with van der Waals surface area (Å²) in [5.41, 5.74) is -1.06. The van der Waals surface area contributed by atoms with Crippen molar-refractivity contribution in [1.82, 2.24) is 14.9 Å². The van der Waals surface area contributed by atoms with E-state index in [1.807, 2.05) is 0 Å². The molecule has 0 saturated carbocycles. The van der Waals surface area contributed by atoms with Gasteiger partial charge in [-0.1, -0.05) is 6.07 Å². The predicted octanol–water partition coefficient (Wildman–Crippen LogP) is 1.89. The van der Waals surface area contributed by atoms with Gasteiger partial charge in [-0.3, -0.25) is 14.7 Å². The third-order valence-electron chi connectivity index (χ3n) is 4.22. The summed E-state index contributed by atoms with van der Waals surface area (Å²) in [6, 6.07) is 2.78. The quantitative estimate of drug-likeness (QED) is 0.623. The van der Waals surface area contributed by atoms with E-state index in [2.05, 4.69) is 9.97 Å². The molecule has 0 amide bonds. The van der Waals surface area contributed by atoms with Gasteiger partial charge in [0.15, 0.2) is 0 Å². The van der Waals surface area contributed by atoms with Crippen LogP contribution in [0.2, 0.25) is 0 Å². The van der Waals surface area contributed by atoms with Crippen LogP contribution in [0.1, 0.15) is 22.4 Å². The van der Waals surface area contributed by atoms with Crippen LogP contribution in [-0.4, -0.2) is 36.1 Å². The van der Waals surface area contributed by atoms with E-state index in [-0.39, 0.29) is 30.6 Å². The molecule has 1 aliphatic heterocycles. The Labute approximate surface area is 151 Å². The molecule has 0 aliphatic carbocycles. The molecule has 0 unspecified atom stereocenters. The van der Waals surface area contributed by atoms with Gasteiger partial charge < -0.3 is 0 Å². The van der Waals surface area contributed by atoms with Crippen LogP contribution in [-0.2, 0) is 35.5 Å². The van der Waals surface area contributed by atoms with E-state index in [4.69, 9.17) is 0 Å². The van der Waals surface area contributed by atoms with Gasteiger partial charge in [-0.2, -0.15) is 13.2 Å². The lowest BCUT2D eigenvalue weighted by molar-refractivity contribution is -0.140. The van der Waals surface area contributed by atoms with Gasteiger partial charge >= 0.3 is 6.18 Å². The Hall–Kier alpha value is -2.27. The lowest BCUT2D eigenvalue weighted by atomic mass is 10.0. The molecule has 0 bridgehead atoms. The molecule has 0 radical (unpaired) electrons. The Balaban J connectivity index is 1.85. The molecule has 11 heteroatoms. The molecular formula is C16H15F4N3O3S. The summed E-state index contributed by atoms with van der Waals surface area (Å²) < 4.78 is 75.0. The fourth-order valence-electron chi connectivity index (χ4n) is 2.91. The minimum absolute atomic E-state index is 0.0794. The highest BCUT2D eigenvalue weighted by molar-refractivity contribution is 7.90. The van der Waals surface area contributed by atoms with Crippen molar-refractivity contribution in [3.8, 4) is 0 Å². The van der Waals surface area contributed by atoms with E-state index in [1.54, 1.807) is 4.90 Å². The molecule has 0 spiro atoms. The van der Waals surface area contributed by atoms with Crippen molar-refractivity contribution in [3.63, 3.8) is 0 Å². The highest BCUT2D eigenvalue weighted by Gasteiger charge is 2.34. The summed E-state index contributed by atoms with van der Waals surface area (Å²) in [7, 11) is -3.67. The van der Waals surface area contributed by atoms with Crippen LogP contribution >= 0.6 is 0 Å². The number of nitrogens with zero attached hydrogens (tertiary/aromatic N) is 2. The van der Waals surface area contributed by atoms with Gasteiger partial charge in [0, 0.05) is 32.3 Å². The Morgan fingerprint density at radius 3 is 2.63 bits per heavy atom. The monoisotopic (exact) mass is 405 g/mol. The first-order chi connectivity index (χ1) is 12.4. The van der Waals surface area contributed by atoms with Gasteiger partial charge in [0.25, 0.3) is 5.56 Å². The zero-order valence-corrected chi connectivity index (χ0v) is 14.9. The maximum atomic E-state index is 13.4. The number of hydrogen-bond donors (Lipinski definition) is 1. The Morgan fingerprint density at radius 2 is 2.00 bits per heavy atom. The molecule has 1 aliphatic rings. The lowest BCUT2D eigenvalue weighted by Gasteiger charge is -2.27. The second-order valence-electron chi connectivity index (χ2n) is 6.34. The highest BCUT2D eigenvalue weighted by Crippen LogP contribution is 2.32. The van der Waals surface area contributed by atoms with E-state index in [1.165, 1.54) is 6.07 Å². The van der Waals surface area contributed by atoms with Gasteiger partial charge in [0.1, 0.15) is 5.82 Å². The summed E-state index contributed by atoms with van der Waals surface area (Å²) in [6.45, 7) is 0.544. The average Bonchev–Trinajstić information content (AvgIpc) is 2.55. The van der Waals surface area contributed by atoms with Crippen LogP contribution in [0.15, 0.2) is 28.2 Å². The molecule has 146 valence electrons. The maximum Gasteiger partial charge on any atom is 0.419 e. The summed E-state index contributed by atoms with van der Waals surface area (Å²) in [4.78, 5) is 20.1. The molecule has 0 saturated heterocycles. The van der Waals surface area contributed by atoms with Crippen molar-refractivity contribution < 1.29 is 26.0 Å². The normalized spacial score (nSPS) is 15.6. The van der Waals surface area contributed by atoms with Crippen molar-refractivity contribution in [2.45, 2.75) is 30.8 Å². The number of sulfone groups is 1. The smallest absolute Gasteiger partial charge is 0.297 e. The molecule has 0 fully saturated rings. The van der Waals surface area contributed by atoms with Crippen LogP contribution < -0.4 is 5.56 Å². The third-order valence-corrected chi connectivity index (χ3v) is 5.12. The number of fused-ring (bicyclic) bond motifs is 1. The summed E-state index contributed by atoms with van der Waals surface area (Å²) in [5, 5.41) is -0.409. The maximum absolute atomic E-state index is 13.4. The molecule has 1 N–H and O–H groups in total. The van der Waals surface area contributed by atoms with Gasteiger partial charge in [-0.25, -0.2) is 17.8 Å². The van der Waals surface area contributed by atoms with E-state index in [9.17, 15) is 30.8 Å². The number of H-pyrrole nitrogens is 1. The van der Waals surface area contributed by atoms with E-state index in [0.29, 0.717) is 12.2 Å². The third kappa shape index (κ3) is 4.19. The minimum Gasteiger partial charge on any atom is -0.297 e. The molecule has 0 atom stereocenters. The Morgan fingerprint density at radius 1 is 1.30 bits per heavy atom.